The Morgan fingerprint density at radius 2 is 2.10 bits per heavy atom. The second kappa shape index (κ2) is 6.35. The summed E-state index contributed by atoms with van der Waals surface area (Å²) in [4.78, 5) is 17.5. The van der Waals surface area contributed by atoms with Gasteiger partial charge < -0.3 is 14.5 Å². The lowest BCUT2D eigenvalue weighted by molar-refractivity contribution is -0.139. The van der Waals surface area contributed by atoms with Crippen molar-refractivity contribution < 1.29 is 14.4 Å². The molecule has 0 bridgehead atoms. The maximum Gasteiger partial charge on any atom is 0.303 e. The van der Waals surface area contributed by atoms with Gasteiger partial charge in [-0.1, -0.05) is 18.0 Å². The van der Waals surface area contributed by atoms with Gasteiger partial charge in [0.2, 0.25) is 5.89 Å². The number of aliphatic carboxylic acids is 1. The van der Waals surface area contributed by atoms with Crippen LogP contribution < -0.4 is 0 Å². The van der Waals surface area contributed by atoms with Crippen LogP contribution in [-0.2, 0) is 17.6 Å². The molecule has 1 saturated carbocycles. The molecule has 20 heavy (non-hydrogen) atoms. The molecule has 0 amide bonds. The molecule has 0 aliphatic heterocycles. The Bertz CT molecular complexity index is 450. The average Bonchev–Trinajstić information content (AvgIpc) is 2.96. The van der Waals surface area contributed by atoms with Gasteiger partial charge >= 0.3 is 5.97 Å². The van der Waals surface area contributed by atoms with E-state index in [-0.39, 0.29) is 11.8 Å². The zero-order chi connectivity index (χ0) is 14.6. The molecule has 0 radical (unpaired) electrons. The van der Waals surface area contributed by atoms with Crippen molar-refractivity contribution in [1.29, 1.82) is 0 Å². The minimum Gasteiger partial charge on any atom is -0.481 e. The van der Waals surface area contributed by atoms with Gasteiger partial charge in [0.1, 0.15) is 0 Å². The fourth-order valence-electron chi connectivity index (χ4n) is 2.97. The monoisotopic (exact) mass is 281 g/mol. The SMILES string of the molecule is CN(C)CCc1noc(CC2(CC(=O)O)CCCC2)n1. The normalized spacial score (nSPS) is 17.8. The lowest BCUT2D eigenvalue weighted by atomic mass is 9.79. The van der Waals surface area contributed by atoms with Crippen molar-refractivity contribution in [2.24, 2.45) is 5.41 Å². The molecular formula is C14H23N3O3. The number of carboxylic acid groups (broad SMARTS) is 1. The topological polar surface area (TPSA) is 79.5 Å². The molecule has 1 fully saturated rings. The molecular weight excluding hydrogens is 258 g/mol. The molecule has 6 nitrogen and oxygen atoms in total. The Morgan fingerprint density at radius 3 is 2.70 bits per heavy atom. The predicted molar refractivity (Wildman–Crippen MR) is 73.4 cm³/mol. The Hall–Kier alpha value is -1.43. The molecule has 2 rings (SSSR count). The second-order valence-corrected chi connectivity index (χ2v) is 6.11. The Labute approximate surface area is 119 Å². The van der Waals surface area contributed by atoms with Gasteiger partial charge in [0.25, 0.3) is 0 Å². The highest BCUT2D eigenvalue weighted by Gasteiger charge is 2.37. The van der Waals surface area contributed by atoms with Gasteiger partial charge in [0.15, 0.2) is 5.82 Å². The lowest BCUT2D eigenvalue weighted by Gasteiger charge is -2.24. The third-order valence-electron chi connectivity index (χ3n) is 4.01. The molecule has 1 heterocycles. The van der Waals surface area contributed by atoms with E-state index in [4.69, 9.17) is 9.63 Å². The van der Waals surface area contributed by atoms with E-state index in [1.54, 1.807) is 0 Å². The maximum absolute atomic E-state index is 11.1. The van der Waals surface area contributed by atoms with E-state index in [1.807, 2.05) is 14.1 Å². The summed E-state index contributed by atoms with van der Waals surface area (Å²) in [6.45, 7) is 0.874. The molecule has 0 aromatic carbocycles. The summed E-state index contributed by atoms with van der Waals surface area (Å²) in [5.41, 5.74) is -0.183. The van der Waals surface area contributed by atoms with Gasteiger partial charge in [-0.25, -0.2) is 0 Å². The maximum atomic E-state index is 11.1. The zero-order valence-electron chi connectivity index (χ0n) is 12.3. The van der Waals surface area contributed by atoms with E-state index in [2.05, 4.69) is 15.0 Å². The van der Waals surface area contributed by atoms with Crippen LogP contribution in [0, 0.1) is 5.41 Å². The first-order chi connectivity index (χ1) is 9.49. The molecule has 0 spiro atoms. The minimum atomic E-state index is -0.737. The summed E-state index contributed by atoms with van der Waals surface area (Å²) in [6.07, 6.45) is 5.60. The van der Waals surface area contributed by atoms with Crippen LogP contribution >= 0.6 is 0 Å². The summed E-state index contributed by atoms with van der Waals surface area (Å²) in [6, 6.07) is 0. The Balaban J connectivity index is 1.98. The number of carboxylic acids is 1. The fraction of sp³-hybridized carbons (Fsp3) is 0.786. The molecule has 1 aliphatic carbocycles. The van der Waals surface area contributed by atoms with Crippen molar-refractivity contribution in [2.75, 3.05) is 20.6 Å². The quantitative estimate of drug-likeness (QED) is 0.820. The molecule has 0 unspecified atom stereocenters. The molecule has 0 atom stereocenters. The number of nitrogens with zero attached hydrogens (tertiary/aromatic N) is 3. The van der Waals surface area contributed by atoms with Crippen LogP contribution in [0.5, 0.6) is 0 Å². The minimum absolute atomic E-state index is 0.183. The number of hydrogen-bond acceptors (Lipinski definition) is 5. The van der Waals surface area contributed by atoms with Crippen LogP contribution in [0.3, 0.4) is 0 Å². The van der Waals surface area contributed by atoms with E-state index < -0.39 is 5.97 Å². The average molecular weight is 281 g/mol. The molecule has 1 N–H and O–H groups in total. The van der Waals surface area contributed by atoms with Gasteiger partial charge in [-0.3, -0.25) is 4.79 Å². The Kier molecular flexibility index (Phi) is 4.75. The van der Waals surface area contributed by atoms with Crippen LogP contribution in [0.15, 0.2) is 4.52 Å². The van der Waals surface area contributed by atoms with Crippen molar-refractivity contribution in [2.45, 2.75) is 44.9 Å². The van der Waals surface area contributed by atoms with E-state index in [1.165, 1.54) is 0 Å². The van der Waals surface area contributed by atoms with Crippen molar-refractivity contribution in [1.82, 2.24) is 15.0 Å². The zero-order valence-corrected chi connectivity index (χ0v) is 12.3. The van der Waals surface area contributed by atoms with Gasteiger partial charge in [0.05, 0.1) is 6.42 Å². The van der Waals surface area contributed by atoms with Crippen LogP contribution in [-0.4, -0.2) is 46.8 Å². The molecule has 1 aromatic rings. The first kappa shape index (κ1) is 15.0. The summed E-state index contributed by atoms with van der Waals surface area (Å²) in [5.74, 6) is 0.554. The van der Waals surface area contributed by atoms with Gasteiger partial charge in [0, 0.05) is 19.4 Å². The van der Waals surface area contributed by atoms with E-state index >= 15 is 0 Å². The van der Waals surface area contributed by atoms with Crippen LogP contribution in [0.25, 0.3) is 0 Å². The third kappa shape index (κ3) is 4.03. The smallest absolute Gasteiger partial charge is 0.303 e. The van der Waals surface area contributed by atoms with Crippen LogP contribution in [0.1, 0.15) is 43.8 Å². The predicted octanol–water partition coefficient (Wildman–Crippen LogP) is 1.75. The largest absolute Gasteiger partial charge is 0.481 e. The second-order valence-electron chi connectivity index (χ2n) is 6.11. The molecule has 1 aliphatic rings. The van der Waals surface area contributed by atoms with Crippen molar-refractivity contribution in [3.63, 3.8) is 0 Å². The molecule has 6 heteroatoms. The number of carbonyl (C=O) groups is 1. The van der Waals surface area contributed by atoms with Crippen LogP contribution in [0.2, 0.25) is 0 Å². The molecule has 1 aromatic heterocycles. The van der Waals surface area contributed by atoms with E-state index in [0.717, 1.165) is 38.6 Å². The number of aromatic nitrogens is 2. The van der Waals surface area contributed by atoms with Crippen LogP contribution in [0.4, 0.5) is 0 Å². The Morgan fingerprint density at radius 1 is 1.40 bits per heavy atom. The summed E-state index contributed by atoms with van der Waals surface area (Å²) >= 11 is 0. The first-order valence-electron chi connectivity index (χ1n) is 7.17. The molecule has 112 valence electrons. The molecule has 0 saturated heterocycles. The summed E-state index contributed by atoms with van der Waals surface area (Å²) < 4.78 is 5.29. The van der Waals surface area contributed by atoms with E-state index in [0.29, 0.717) is 18.1 Å². The van der Waals surface area contributed by atoms with Gasteiger partial charge in [-0.05, 0) is 32.4 Å². The third-order valence-corrected chi connectivity index (χ3v) is 4.01. The fourth-order valence-corrected chi connectivity index (χ4v) is 2.97. The summed E-state index contributed by atoms with van der Waals surface area (Å²) in [7, 11) is 4.00. The number of likely N-dealkylation sites (N-methyl/N-ethyl adjacent to an activating group) is 1. The first-order valence-corrected chi connectivity index (χ1v) is 7.17. The highest BCUT2D eigenvalue weighted by molar-refractivity contribution is 5.67. The lowest BCUT2D eigenvalue weighted by Crippen LogP contribution is -2.24. The van der Waals surface area contributed by atoms with Crippen molar-refractivity contribution >= 4 is 5.97 Å². The standard InChI is InChI=1S/C14H23N3O3/c1-17(2)8-5-11-15-12(20-16-11)9-14(10-13(18)19)6-3-4-7-14/h3-10H2,1-2H3,(H,18,19). The van der Waals surface area contributed by atoms with Gasteiger partial charge in [-0.2, -0.15) is 4.98 Å². The number of rotatable bonds is 7. The number of hydrogen-bond donors (Lipinski definition) is 1. The van der Waals surface area contributed by atoms with Crippen molar-refractivity contribution in [3.05, 3.63) is 11.7 Å². The highest BCUT2D eigenvalue weighted by atomic mass is 16.5. The van der Waals surface area contributed by atoms with E-state index in [9.17, 15) is 4.79 Å². The summed E-state index contributed by atoms with van der Waals surface area (Å²) in [5, 5.41) is 13.1. The van der Waals surface area contributed by atoms with Gasteiger partial charge in [-0.15, -0.1) is 0 Å². The van der Waals surface area contributed by atoms with Crippen molar-refractivity contribution in [3.8, 4) is 0 Å². The highest BCUT2D eigenvalue weighted by Crippen LogP contribution is 2.43.